The Hall–Kier alpha value is 0.120. The van der Waals surface area contributed by atoms with Gasteiger partial charge in [-0.05, 0) is 39.8 Å². The second-order valence-electron chi connectivity index (χ2n) is 4.46. The van der Waals surface area contributed by atoms with E-state index in [2.05, 4.69) is 31.7 Å². The lowest BCUT2D eigenvalue weighted by atomic mass is 9.92. The lowest BCUT2D eigenvalue weighted by Gasteiger charge is -2.28. The van der Waals surface area contributed by atoms with Crippen molar-refractivity contribution in [3.8, 4) is 0 Å². The van der Waals surface area contributed by atoms with E-state index < -0.39 is 0 Å². The van der Waals surface area contributed by atoms with E-state index in [9.17, 15) is 4.79 Å². The number of rotatable bonds is 4. The van der Waals surface area contributed by atoms with Gasteiger partial charge in [0, 0.05) is 34.9 Å². The van der Waals surface area contributed by atoms with Crippen molar-refractivity contribution >= 4 is 28.8 Å². The minimum atomic E-state index is 0.144. The van der Waals surface area contributed by atoms with Crippen molar-refractivity contribution in [1.82, 2.24) is 13.7 Å². The molecule has 0 aromatic heterocycles. The van der Waals surface area contributed by atoms with E-state index >= 15 is 0 Å². The quantitative estimate of drug-likeness (QED) is 0.597. The van der Waals surface area contributed by atoms with Gasteiger partial charge in [0.05, 0.1) is 6.54 Å². The Morgan fingerprint density at radius 3 is 2.27 bits per heavy atom. The van der Waals surface area contributed by atoms with E-state index in [1.807, 2.05) is 19.0 Å². The molecule has 1 aliphatic carbocycles. The zero-order chi connectivity index (χ0) is 11.3. The number of nitrogens with one attached hydrogen (secondary N) is 2. The van der Waals surface area contributed by atoms with Gasteiger partial charge in [0.25, 0.3) is 0 Å². The third-order valence-corrected chi connectivity index (χ3v) is 3.59. The summed E-state index contributed by atoms with van der Waals surface area (Å²) in [6.45, 7) is 0.491. The fraction of sp³-hybridized carbons (Fsp3) is 0.900. The van der Waals surface area contributed by atoms with Crippen molar-refractivity contribution in [3.05, 3.63) is 0 Å². The second-order valence-corrected chi connectivity index (χ2v) is 5.09. The van der Waals surface area contributed by atoms with Crippen LogP contribution in [0.5, 0.6) is 0 Å². The molecule has 1 fully saturated rings. The molecule has 1 saturated carbocycles. The lowest BCUT2D eigenvalue weighted by molar-refractivity contribution is -0.122. The van der Waals surface area contributed by atoms with Crippen molar-refractivity contribution in [1.29, 1.82) is 0 Å². The first-order valence-electron chi connectivity index (χ1n) is 5.42. The molecule has 0 aromatic rings. The van der Waals surface area contributed by atoms with Gasteiger partial charge in [-0.1, -0.05) is 0 Å². The molecule has 15 heavy (non-hydrogen) atoms. The summed E-state index contributed by atoms with van der Waals surface area (Å²) in [7, 11) is 3.83. The lowest BCUT2D eigenvalue weighted by Crippen LogP contribution is -2.43. The highest BCUT2D eigenvalue weighted by Gasteiger charge is 2.21. The minimum Gasteiger partial charge on any atom is -0.352 e. The molecule has 5 heteroatoms. The Morgan fingerprint density at radius 2 is 1.80 bits per heavy atom. The fourth-order valence-electron chi connectivity index (χ4n) is 1.91. The molecule has 0 spiro atoms. The molecule has 0 atom stereocenters. The molecule has 0 aliphatic heterocycles. The number of halogens is 1. The van der Waals surface area contributed by atoms with Gasteiger partial charge in [-0.25, -0.2) is 0 Å². The third kappa shape index (κ3) is 5.12. The molecular formula is C10H20IN3O. The number of hydrogen-bond donors (Lipinski definition) is 2. The average Bonchev–Trinajstić information content (AvgIpc) is 2.17. The van der Waals surface area contributed by atoms with Crippen molar-refractivity contribution < 1.29 is 4.79 Å². The standard InChI is InChI=1S/C10H20IN3O/c1-14(2)7-10(15)12-8-3-5-9(13-11)6-4-8/h8-9,13H,3-7H2,1-2H3,(H,12,15). The van der Waals surface area contributed by atoms with Gasteiger partial charge in [0.15, 0.2) is 0 Å². The molecule has 1 rings (SSSR count). The van der Waals surface area contributed by atoms with Crippen LogP contribution in [0.25, 0.3) is 0 Å². The van der Waals surface area contributed by atoms with Gasteiger partial charge in [-0.3, -0.25) is 8.32 Å². The normalized spacial score (nSPS) is 26.7. The largest absolute Gasteiger partial charge is 0.352 e. The van der Waals surface area contributed by atoms with E-state index in [1.54, 1.807) is 0 Å². The number of carbonyl (C=O) groups excluding carboxylic acids is 1. The van der Waals surface area contributed by atoms with E-state index in [1.165, 1.54) is 0 Å². The summed E-state index contributed by atoms with van der Waals surface area (Å²) in [6.07, 6.45) is 4.52. The van der Waals surface area contributed by atoms with Crippen LogP contribution in [0.4, 0.5) is 0 Å². The Balaban J connectivity index is 2.20. The van der Waals surface area contributed by atoms with Gasteiger partial charge < -0.3 is 10.2 Å². The number of hydrogen-bond acceptors (Lipinski definition) is 3. The smallest absolute Gasteiger partial charge is 0.234 e. The third-order valence-electron chi connectivity index (χ3n) is 2.71. The Bertz CT molecular complexity index is 203. The van der Waals surface area contributed by atoms with Crippen LogP contribution in [0.3, 0.4) is 0 Å². The van der Waals surface area contributed by atoms with E-state index in [4.69, 9.17) is 0 Å². The van der Waals surface area contributed by atoms with Crippen molar-refractivity contribution in [2.24, 2.45) is 0 Å². The Labute approximate surface area is 106 Å². The summed E-state index contributed by atoms with van der Waals surface area (Å²) in [6, 6.07) is 1.02. The highest BCUT2D eigenvalue weighted by Crippen LogP contribution is 2.19. The maximum Gasteiger partial charge on any atom is 0.234 e. The Morgan fingerprint density at radius 1 is 1.27 bits per heavy atom. The summed E-state index contributed by atoms with van der Waals surface area (Å²) in [5, 5.41) is 3.08. The summed E-state index contributed by atoms with van der Waals surface area (Å²) < 4.78 is 3.26. The molecular weight excluding hydrogens is 305 g/mol. The predicted molar refractivity (Wildman–Crippen MR) is 69.9 cm³/mol. The van der Waals surface area contributed by atoms with Crippen LogP contribution >= 0.6 is 22.9 Å². The highest BCUT2D eigenvalue weighted by atomic mass is 127. The first kappa shape index (κ1) is 13.2. The predicted octanol–water partition coefficient (Wildman–Crippen LogP) is 0.915. The van der Waals surface area contributed by atoms with E-state index in [-0.39, 0.29) is 5.91 Å². The average molecular weight is 325 g/mol. The molecule has 0 aromatic carbocycles. The molecule has 0 bridgehead atoms. The van der Waals surface area contributed by atoms with Gasteiger partial charge in [-0.2, -0.15) is 0 Å². The van der Waals surface area contributed by atoms with Crippen molar-refractivity contribution in [2.45, 2.75) is 37.8 Å². The number of nitrogens with zero attached hydrogens (tertiary/aromatic N) is 1. The monoisotopic (exact) mass is 325 g/mol. The topological polar surface area (TPSA) is 44.4 Å². The van der Waals surface area contributed by atoms with Crippen LogP contribution in [-0.2, 0) is 4.79 Å². The summed E-state index contributed by atoms with van der Waals surface area (Å²) >= 11 is 2.21. The van der Waals surface area contributed by atoms with Gasteiger partial charge in [0.1, 0.15) is 0 Å². The molecule has 2 N–H and O–H groups in total. The minimum absolute atomic E-state index is 0.144. The van der Waals surface area contributed by atoms with Crippen LogP contribution in [0.15, 0.2) is 0 Å². The molecule has 0 saturated heterocycles. The van der Waals surface area contributed by atoms with Crippen LogP contribution in [-0.4, -0.2) is 43.5 Å². The van der Waals surface area contributed by atoms with Gasteiger partial charge >= 0.3 is 0 Å². The molecule has 0 heterocycles. The van der Waals surface area contributed by atoms with E-state index in [0.29, 0.717) is 18.6 Å². The molecule has 0 radical (unpaired) electrons. The molecule has 1 amide bonds. The summed E-state index contributed by atoms with van der Waals surface area (Å²) in [5.74, 6) is 0.144. The van der Waals surface area contributed by atoms with Crippen LogP contribution < -0.4 is 8.85 Å². The summed E-state index contributed by atoms with van der Waals surface area (Å²) in [5.41, 5.74) is 0. The maximum atomic E-state index is 11.5. The first-order valence-corrected chi connectivity index (χ1v) is 6.50. The molecule has 0 unspecified atom stereocenters. The molecule has 1 aliphatic rings. The number of likely N-dealkylation sites (N-methyl/N-ethyl adjacent to an activating group) is 1. The highest BCUT2D eigenvalue weighted by molar-refractivity contribution is 14.1. The summed E-state index contributed by atoms with van der Waals surface area (Å²) in [4.78, 5) is 13.4. The van der Waals surface area contributed by atoms with Crippen LogP contribution in [0.2, 0.25) is 0 Å². The Kier molecular flexibility index (Phi) is 5.84. The van der Waals surface area contributed by atoms with Gasteiger partial charge in [-0.15, -0.1) is 0 Å². The zero-order valence-electron chi connectivity index (χ0n) is 9.42. The SMILES string of the molecule is CN(C)CC(=O)NC1CCC(NI)CC1. The molecule has 4 nitrogen and oxygen atoms in total. The van der Waals surface area contributed by atoms with Crippen molar-refractivity contribution in [3.63, 3.8) is 0 Å². The van der Waals surface area contributed by atoms with Gasteiger partial charge in [0.2, 0.25) is 5.91 Å². The fourth-order valence-corrected chi connectivity index (χ4v) is 2.53. The molecule has 88 valence electrons. The zero-order valence-corrected chi connectivity index (χ0v) is 11.6. The second kappa shape index (κ2) is 6.65. The van der Waals surface area contributed by atoms with Crippen LogP contribution in [0, 0.1) is 0 Å². The number of amides is 1. The maximum absolute atomic E-state index is 11.5. The van der Waals surface area contributed by atoms with Crippen LogP contribution in [0.1, 0.15) is 25.7 Å². The van der Waals surface area contributed by atoms with Crippen molar-refractivity contribution in [2.75, 3.05) is 20.6 Å². The number of carbonyl (C=O) groups is 1. The van der Waals surface area contributed by atoms with E-state index in [0.717, 1.165) is 25.7 Å². The first-order chi connectivity index (χ1) is 7.11.